The van der Waals surface area contributed by atoms with Crippen molar-refractivity contribution in [3.05, 3.63) is 70.0 Å². The molecule has 108 valence electrons. The summed E-state index contributed by atoms with van der Waals surface area (Å²) in [5, 5.41) is 9.75. The van der Waals surface area contributed by atoms with Crippen molar-refractivity contribution in [1.29, 1.82) is 0 Å². The lowest BCUT2D eigenvalue weighted by molar-refractivity contribution is -0.148. The fraction of sp³-hybridized carbons (Fsp3) is 0.235. The minimum absolute atomic E-state index is 0.0535. The van der Waals surface area contributed by atoms with Gasteiger partial charge in [-0.05, 0) is 48.1 Å². The lowest BCUT2D eigenvalue weighted by Crippen LogP contribution is -2.34. The second-order valence-corrected chi connectivity index (χ2v) is 6.04. The molecule has 0 fully saturated rings. The second-order valence-electron chi connectivity index (χ2n) is 5.63. The molecule has 0 atom stereocenters. The van der Waals surface area contributed by atoms with Crippen LogP contribution in [0.1, 0.15) is 16.7 Å². The maximum atomic E-state index is 13.6. The molecule has 0 radical (unpaired) electrons. The highest BCUT2D eigenvalue weighted by atomic mass is 35.5. The highest BCUT2D eigenvalue weighted by Gasteiger charge is 2.43. The van der Waals surface area contributed by atoms with Gasteiger partial charge in [0.2, 0.25) is 0 Å². The fourth-order valence-corrected chi connectivity index (χ4v) is 3.20. The Kier molecular flexibility index (Phi) is 3.46. The summed E-state index contributed by atoms with van der Waals surface area (Å²) < 4.78 is 13.6. The third-order valence-electron chi connectivity index (χ3n) is 4.16. The molecule has 0 aliphatic heterocycles. The van der Waals surface area contributed by atoms with Gasteiger partial charge in [-0.2, -0.15) is 0 Å². The summed E-state index contributed by atoms with van der Waals surface area (Å²) in [5.41, 5.74) is 1.89. The monoisotopic (exact) mass is 304 g/mol. The Morgan fingerprint density at radius 1 is 1.19 bits per heavy atom. The second kappa shape index (κ2) is 5.15. The Hall–Kier alpha value is -1.87. The van der Waals surface area contributed by atoms with Crippen LogP contribution >= 0.6 is 11.6 Å². The zero-order chi connectivity index (χ0) is 15.0. The largest absolute Gasteiger partial charge is 0.481 e. The van der Waals surface area contributed by atoms with Crippen molar-refractivity contribution in [1.82, 2.24) is 0 Å². The van der Waals surface area contributed by atoms with Crippen LogP contribution in [-0.4, -0.2) is 11.1 Å². The first-order valence-electron chi connectivity index (χ1n) is 6.74. The summed E-state index contributed by atoms with van der Waals surface area (Å²) in [5.74, 6) is -1.35. The van der Waals surface area contributed by atoms with Crippen LogP contribution in [0.15, 0.2) is 42.5 Å². The Balaban J connectivity index is 1.94. The predicted octanol–water partition coefficient (Wildman–Crippen LogP) is 3.89. The van der Waals surface area contributed by atoms with E-state index in [1.807, 2.05) is 24.3 Å². The van der Waals surface area contributed by atoms with Crippen LogP contribution in [0, 0.1) is 11.2 Å². The number of hydrogen-bond donors (Lipinski definition) is 1. The minimum Gasteiger partial charge on any atom is -0.481 e. The van der Waals surface area contributed by atoms with Crippen molar-refractivity contribution in [2.75, 3.05) is 0 Å². The van der Waals surface area contributed by atoms with Gasteiger partial charge in [-0.1, -0.05) is 41.9 Å². The molecule has 2 nitrogen and oxygen atoms in total. The van der Waals surface area contributed by atoms with Crippen LogP contribution in [0.25, 0.3) is 0 Å². The van der Waals surface area contributed by atoms with E-state index in [0.717, 1.165) is 11.1 Å². The SMILES string of the molecule is O=C(O)C1(Cc2ccc(Cl)c(F)c2)Cc2ccccc2C1. The number of fused-ring (bicyclic) bond motifs is 1. The molecule has 0 amide bonds. The highest BCUT2D eigenvalue weighted by molar-refractivity contribution is 6.30. The van der Waals surface area contributed by atoms with Crippen molar-refractivity contribution in [2.24, 2.45) is 5.41 Å². The van der Waals surface area contributed by atoms with E-state index in [1.54, 1.807) is 6.07 Å². The molecule has 0 aromatic heterocycles. The summed E-state index contributed by atoms with van der Waals surface area (Å²) in [6.07, 6.45) is 1.25. The molecular formula is C17H14ClFO2. The molecule has 1 N–H and O–H groups in total. The summed E-state index contributed by atoms with van der Waals surface area (Å²) in [7, 11) is 0. The Bertz CT molecular complexity index is 687. The quantitative estimate of drug-likeness (QED) is 0.934. The van der Waals surface area contributed by atoms with Crippen LogP contribution in [0.4, 0.5) is 4.39 Å². The molecule has 4 heteroatoms. The standard InChI is InChI=1S/C17H14ClFO2/c18-14-6-5-11(7-15(14)19)8-17(16(20)21)9-12-3-1-2-4-13(12)10-17/h1-7H,8-10H2,(H,20,21). The third-order valence-corrected chi connectivity index (χ3v) is 4.46. The molecule has 0 heterocycles. The zero-order valence-electron chi connectivity index (χ0n) is 11.3. The van der Waals surface area contributed by atoms with E-state index in [4.69, 9.17) is 11.6 Å². The number of carboxylic acids is 1. The highest BCUT2D eigenvalue weighted by Crippen LogP contribution is 2.40. The lowest BCUT2D eigenvalue weighted by atomic mass is 9.79. The van der Waals surface area contributed by atoms with E-state index in [2.05, 4.69) is 0 Å². The summed E-state index contributed by atoms with van der Waals surface area (Å²) in [4.78, 5) is 11.8. The molecule has 0 saturated carbocycles. The molecular weight excluding hydrogens is 291 g/mol. The molecule has 0 bridgehead atoms. The summed E-state index contributed by atoms with van der Waals surface area (Å²) in [6, 6.07) is 12.3. The van der Waals surface area contributed by atoms with Crippen LogP contribution in [-0.2, 0) is 24.1 Å². The molecule has 1 aliphatic rings. The first-order valence-corrected chi connectivity index (χ1v) is 7.12. The van der Waals surface area contributed by atoms with Crippen molar-refractivity contribution in [3.63, 3.8) is 0 Å². The van der Waals surface area contributed by atoms with Crippen molar-refractivity contribution < 1.29 is 14.3 Å². The Labute approximate surface area is 127 Å². The topological polar surface area (TPSA) is 37.3 Å². The predicted molar refractivity (Wildman–Crippen MR) is 79.0 cm³/mol. The van der Waals surface area contributed by atoms with E-state index in [-0.39, 0.29) is 5.02 Å². The number of hydrogen-bond acceptors (Lipinski definition) is 1. The first kappa shape index (κ1) is 14.1. The van der Waals surface area contributed by atoms with Gasteiger partial charge in [-0.25, -0.2) is 4.39 Å². The molecule has 2 aromatic carbocycles. The van der Waals surface area contributed by atoms with Gasteiger partial charge in [0.15, 0.2) is 0 Å². The lowest BCUT2D eigenvalue weighted by Gasteiger charge is -2.24. The average Bonchev–Trinajstić information content (AvgIpc) is 2.82. The maximum absolute atomic E-state index is 13.6. The van der Waals surface area contributed by atoms with Crippen molar-refractivity contribution in [2.45, 2.75) is 19.3 Å². The molecule has 1 aliphatic carbocycles. The molecule has 3 rings (SSSR count). The number of benzene rings is 2. The van der Waals surface area contributed by atoms with Gasteiger partial charge >= 0.3 is 5.97 Å². The van der Waals surface area contributed by atoms with Crippen molar-refractivity contribution >= 4 is 17.6 Å². The smallest absolute Gasteiger partial charge is 0.310 e. The number of halogens is 2. The molecule has 0 saturated heterocycles. The summed E-state index contributed by atoms with van der Waals surface area (Å²) in [6.45, 7) is 0. The van der Waals surface area contributed by atoms with Gasteiger partial charge in [-0.3, -0.25) is 4.79 Å². The number of carboxylic acid groups (broad SMARTS) is 1. The fourth-order valence-electron chi connectivity index (χ4n) is 3.09. The molecule has 21 heavy (non-hydrogen) atoms. The van der Waals surface area contributed by atoms with E-state index in [1.165, 1.54) is 12.1 Å². The van der Waals surface area contributed by atoms with Crippen molar-refractivity contribution in [3.8, 4) is 0 Å². The number of aliphatic carboxylic acids is 1. The van der Waals surface area contributed by atoms with Crippen LogP contribution in [0.3, 0.4) is 0 Å². The van der Waals surface area contributed by atoms with E-state index >= 15 is 0 Å². The van der Waals surface area contributed by atoms with Crippen LogP contribution in [0.5, 0.6) is 0 Å². The molecule has 0 spiro atoms. The Morgan fingerprint density at radius 2 is 1.81 bits per heavy atom. The molecule has 0 unspecified atom stereocenters. The van der Waals surface area contributed by atoms with Crippen LogP contribution in [0.2, 0.25) is 5.02 Å². The average molecular weight is 305 g/mol. The third kappa shape index (κ3) is 2.54. The summed E-state index contributed by atoms with van der Waals surface area (Å²) >= 11 is 5.68. The Morgan fingerprint density at radius 3 is 2.33 bits per heavy atom. The normalized spacial score (nSPS) is 15.7. The minimum atomic E-state index is -0.899. The van der Waals surface area contributed by atoms with Gasteiger partial charge < -0.3 is 5.11 Å². The van der Waals surface area contributed by atoms with E-state index in [9.17, 15) is 14.3 Å². The van der Waals surface area contributed by atoms with Gasteiger partial charge in [0.1, 0.15) is 5.82 Å². The van der Waals surface area contributed by atoms with E-state index in [0.29, 0.717) is 24.8 Å². The number of carbonyl (C=O) groups is 1. The van der Waals surface area contributed by atoms with Gasteiger partial charge in [0, 0.05) is 0 Å². The van der Waals surface area contributed by atoms with Gasteiger partial charge in [0.05, 0.1) is 10.4 Å². The number of rotatable bonds is 3. The zero-order valence-corrected chi connectivity index (χ0v) is 12.0. The maximum Gasteiger partial charge on any atom is 0.310 e. The molecule has 2 aromatic rings. The van der Waals surface area contributed by atoms with Crippen LogP contribution < -0.4 is 0 Å². The first-order chi connectivity index (χ1) is 10.00. The van der Waals surface area contributed by atoms with Gasteiger partial charge in [-0.15, -0.1) is 0 Å². The van der Waals surface area contributed by atoms with Gasteiger partial charge in [0.25, 0.3) is 0 Å². The van der Waals surface area contributed by atoms with E-state index < -0.39 is 17.2 Å².